The van der Waals surface area contributed by atoms with Crippen LogP contribution in [0.4, 0.5) is 4.39 Å². The van der Waals surface area contributed by atoms with E-state index in [1.165, 1.54) is 7.11 Å². The summed E-state index contributed by atoms with van der Waals surface area (Å²) in [7, 11) is 2.32. The van der Waals surface area contributed by atoms with Gasteiger partial charge in [-0.15, -0.1) is 0 Å². The van der Waals surface area contributed by atoms with Crippen LogP contribution >= 0.6 is 0 Å². The van der Waals surface area contributed by atoms with Crippen molar-refractivity contribution in [1.82, 2.24) is 4.90 Å². The molecule has 3 aliphatic heterocycles. The monoisotopic (exact) mass is 435 g/mol. The number of ether oxygens (including phenoxy) is 5. The molecule has 1 aliphatic carbocycles. The minimum atomic E-state index is -3.92. The highest BCUT2D eigenvalue weighted by molar-refractivity contribution is 6.01. The topological polar surface area (TPSA) is 104 Å². The van der Waals surface area contributed by atoms with Crippen molar-refractivity contribution in [3.8, 4) is 11.5 Å². The fourth-order valence-corrected chi connectivity index (χ4v) is 5.16. The molecule has 0 radical (unpaired) electrons. The first-order valence-corrected chi connectivity index (χ1v) is 10.0. The molecule has 10 heteroatoms. The normalized spacial score (nSPS) is 27.8. The van der Waals surface area contributed by atoms with E-state index in [0.717, 1.165) is 49.7 Å². The second kappa shape index (κ2) is 7.10. The Bertz CT molecular complexity index is 990. The molecule has 1 saturated heterocycles. The van der Waals surface area contributed by atoms with Crippen LogP contribution < -0.4 is 9.47 Å². The maximum absolute atomic E-state index is 14.4. The van der Waals surface area contributed by atoms with Crippen molar-refractivity contribution in [2.75, 3.05) is 34.1 Å². The molecule has 0 saturated carbocycles. The fourth-order valence-electron chi connectivity index (χ4n) is 5.16. The van der Waals surface area contributed by atoms with E-state index in [2.05, 4.69) is 9.64 Å². The van der Waals surface area contributed by atoms with Gasteiger partial charge in [-0.1, -0.05) is 0 Å². The Kier molecular flexibility index (Phi) is 4.60. The van der Waals surface area contributed by atoms with Crippen molar-refractivity contribution in [3.63, 3.8) is 0 Å². The molecule has 0 aromatic heterocycles. The minimum Gasteiger partial charge on any atom is -0.497 e. The van der Waals surface area contributed by atoms with Gasteiger partial charge in [0.2, 0.25) is 6.79 Å². The average molecular weight is 435 g/mol. The number of rotatable bonds is 4. The lowest BCUT2D eigenvalue weighted by atomic mass is 9.86. The molecule has 0 amide bonds. The van der Waals surface area contributed by atoms with Crippen LogP contribution in [0.1, 0.15) is 23.5 Å². The smallest absolute Gasteiger partial charge is 0.402 e. The van der Waals surface area contributed by atoms with Crippen molar-refractivity contribution in [2.45, 2.75) is 36.8 Å². The SMILES string of the molecule is COC(=O)[C@](O)(F)C(=O)O[C@@H]1C(OC)=C2CCN3CCc4cc5c(cc4[C@H]1[C@H]23)OCO5. The number of fused-ring (bicyclic) bond motifs is 3. The van der Waals surface area contributed by atoms with E-state index in [0.29, 0.717) is 17.3 Å². The van der Waals surface area contributed by atoms with E-state index in [1.807, 2.05) is 12.1 Å². The van der Waals surface area contributed by atoms with Gasteiger partial charge in [-0.25, -0.2) is 9.59 Å². The molecule has 3 heterocycles. The zero-order valence-electron chi connectivity index (χ0n) is 17.1. The number of carbonyl (C=O) groups is 2. The molecule has 0 spiro atoms. The van der Waals surface area contributed by atoms with E-state index in [-0.39, 0.29) is 12.8 Å². The molecule has 9 nitrogen and oxygen atoms in total. The van der Waals surface area contributed by atoms with Crippen LogP contribution in [0.15, 0.2) is 23.5 Å². The molecule has 4 aliphatic rings. The van der Waals surface area contributed by atoms with Crippen molar-refractivity contribution >= 4 is 11.9 Å². The van der Waals surface area contributed by atoms with E-state index in [4.69, 9.17) is 18.9 Å². The van der Waals surface area contributed by atoms with Gasteiger partial charge in [-0.05, 0) is 41.7 Å². The van der Waals surface area contributed by atoms with Gasteiger partial charge in [0.05, 0.1) is 14.2 Å². The summed E-state index contributed by atoms with van der Waals surface area (Å²) in [4.78, 5) is 26.3. The van der Waals surface area contributed by atoms with Crippen LogP contribution in [0.2, 0.25) is 0 Å². The zero-order chi connectivity index (χ0) is 21.9. The predicted molar refractivity (Wildman–Crippen MR) is 101 cm³/mol. The van der Waals surface area contributed by atoms with E-state index in [1.54, 1.807) is 0 Å². The van der Waals surface area contributed by atoms with Gasteiger partial charge in [0.25, 0.3) is 0 Å². The van der Waals surface area contributed by atoms with Crippen LogP contribution in [0.5, 0.6) is 11.5 Å². The van der Waals surface area contributed by atoms with E-state index in [9.17, 15) is 19.1 Å². The number of methoxy groups -OCH3 is 2. The summed E-state index contributed by atoms with van der Waals surface area (Å²) >= 11 is 0. The number of nitrogens with zero attached hydrogens (tertiary/aromatic N) is 1. The Labute approximate surface area is 177 Å². The lowest BCUT2D eigenvalue weighted by Gasteiger charge is -2.30. The molecular formula is C21H22FNO8. The van der Waals surface area contributed by atoms with Gasteiger partial charge < -0.3 is 28.8 Å². The highest BCUT2D eigenvalue weighted by atomic mass is 19.2. The van der Waals surface area contributed by atoms with Crippen LogP contribution in [-0.4, -0.2) is 74.0 Å². The number of alkyl halides is 1. The number of esters is 2. The van der Waals surface area contributed by atoms with Crippen molar-refractivity contribution < 1.29 is 42.8 Å². The third kappa shape index (κ3) is 2.89. The summed E-state index contributed by atoms with van der Waals surface area (Å²) in [5.74, 6) is -6.17. The van der Waals surface area contributed by atoms with Crippen LogP contribution in [-0.2, 0) is 30.2 Å². The number of hydrogen-bond donors (Lipinski definition) is 1. The van der Waals surface area contributed by atoms with Crippen LogP contribution in [0.3, 0.4) is 0 Å². The lowest BCUT2D eigenvalue weighted by Crippen LogP contribution is -2.47. The molecule has 1 aromatic rings. The van der Waals surface area contributed by atoms with Gasteiger partial charge in [-0.3, -0.25) is 4.90 Å². The Morgan fingerprint density at radius 2 is 1.87 bits per heavy atom. The summed E-state index contributed by atoms with van der Waals surface area (Å²) in [5.41, 5.74) is 2.85. The van der Waals surface area contributed by atoms with Crippen LogP contribution in [0.25, 0.3) is 0 Å². The zero-order valence-corrected chi connectivity index (χ0v) is 17.1. The molecule has 0 unspecified atom stereocenters. The van der Waals surface area contributed by atoms with Gasteiger partial charge in [0, 0.05) is 25.0 Å². The first-order valence-electron chi connectivity index (χ1n) is 10.0. The van der Waals surface area contributed by atoms with Crippen molar-refractivity contribution in [2.24, 2.45) is 0 Å². The molecule has 166 valence electrons. The molecule has 31 heavy (non-hydrogen) atoms. The maximum atomic E-state index is 14.4. The lowest BCUT2D eigenvalue weighted by molar-refractivity contribution is -0.207. The fraction of sp³-hybridized carbons (Fsp3) is 0.524. The number of benzene rings is 1. The highest BCUT2D eigenvalue weighted by Gasteiger charge is 2.56. The largest absolute Gasteiger partial charge is 0.497 e. The summed E-state index contributed by atoms with van der Waals surface area (Å²) in [6.07, 6.45) is 0.448. The third-order valence-electron chi connectivity index (χ3n) is 6.50. The first-order chi connectivity index (χ1) is 14.9. The first kappa shape index (κ1) is 20.1. The molecule has 5 rings (SSSR count). The Morgan fingerprint density at radius 3 is 2.58 bits per heavy atom. The van der Waals surface area contributed by atoms with E-state index >= 15 is 0 Å². The van der Waals surface area contributed by atoms with E-state index < -0.39 is 29.8 Å². The van der Waals surface area contributed by atoms with Gasteiger partial charge in [-0.2, -0.15) is 4.39 Å². The summed E-state index contributed by atoms with van der Waals surface area (Å²) < 4.78 is 40.7. The molecule has 0 bridgehead atoms. The summed E-state index contributed by atoms with van der Waals surface area (Å²) in [6.45, 7) is 1.72. The summed E-state index contributed by atoms with van der Waals surface area (Å²) in [6, 6.07) is 3.67. The number of carbonyl (C=O) groups excluding carboxylic acids is 2. The highest BCUT2D eigenvalue weighted by Crippen LogP contribution is 2.52. The molecule has 4 atom stereocenters. The third-order valence-corrected chi connectivity index (χ3v) is 6.50. The Morgan fingerprint density at radius 1 is 1.16 bits per heavy atom. The standard InChI is InChI=1S/C21H22FNO8/c1-27-17-11-4-6-23-5-3-10-7-13-14(30-9-29-13)8-12(10)15(16(11)23)18(17)31-20(25)21(22,26)19(24)28-2/h7-8,15-16,18,26H,3-6,9H2,1-2H3/t15-,16-,18-,21+/m0/s1. The molecule has 1 fully saturated rings. The van der Waals surface area contributed by atoms with Crippen molar-refractivity contribution in [3.05, 3.63) is 34.6 Å². The van der Waals surface area contributed by atoms with Crippen LogP contribution in [0, 0.1) is 0 Å². The molecular weight excluding hydrogens is 413 g/mol. The minimum absolute atomic E-state index is 0.111. The molecule has 1 N–H and O–H groups in total. The Hall–Kier alpha value is -2.85. The quantitative estimate of drug-likeness (QED) is 0.543. The number of hydrogen-bond acceptors (Lipinski definition) is 9. The second-order valence-electron chi connectivity index (χ2n) is 7.94. The van der Waals surface area contributed by atoms with Gasteiger partial charge in [0.15, 0.2) is 17.6 Å². The number of halogens is 1. The Balaban J connectivity index is 1.58. The maximum Gasteiger partial charge on any atom is 0.402 e. The number of aliphatic hydroxyl groups is 1. The predicted octanol–water partition coefficient (Wildman–Crippen LogP) is 0.786. The molecule has 1 aromatic carbocycles. The summed E-state index contributed by atoms with van der Waals surface area (Å²) in [5, 5.41) is 9.76. The van der Waals surface area contributed by atoms with Crippen molar-refractivity contribution in [1.29, 1.82) is 0 Å². The second-order valence-corrected chi connectivity index (χ2v) is 7.94. The average Bonchev–Trinajstić information content (AvgIpc) is 3.42. The van der Waals surface area contributed by atoms with Gasteiger partial charge >= 0.3 is 17.8 Å². The van der Waals surface area contributed by atoms with Gasteiger partial charge in [0.1, 0.15) is 5.76 Å².